The number of H-pyrrole nitrogens is 2. The third kappa shape index (κ3) is 6.38. The van der Waals surface area contributed by atoms with Crippen molar-refractivity contribution in [2.45, 2.75) is 73.6 Å². The van der Waals surface area contributed by atoms with Crippen LogP contribution in [-0.2, 0) is 32.0 Å². The lowest BCUT2D eigenvalue weighted by Gasteiger charge is -2.03. The van der Waals surface area contributed by atoms with E-state index in [1.165, 1.54) is 0 Å². The molecule has 226 valence electrons. The largest absolute Gasteiger partial charge is 0.481 e. The maximum atomic E-state index is 12.3. The van der Waals surface area contributed by atoms with E-state index in [0.717, 1.165) is 39.1 Å². The number of hydrogen-bond acceptors (Lipinski definition) is 4. The standard InChI is InChI=1S/C33H38N4O6/c1-7-20-19(6)32(42)37-27(20)14-25-18(5)23(10-12-31(40)41)29(35-25)15-28-22(9-11-30(38)39)17(4)24(34-28)13-26-16(3)21(8-2)33(43)36-26/h7,13-15,19,34-35H,8-12H2,1-6H3,(H,37,42)(H,38,39)(H,40,41)/b20-7?,24-13+,27-14-,28-15-/t19-/m1/s1. The lowest BCUT2D eigenvalue weighted by Crippen LogP contribution is -2.16. The van der Waals surface area contributed by atoms with Gasteiger partial charge in [0.2, 0.25) is 5.91 Å². The third-order valence-corrected chi connectivity index (χ3v) is 8.35. The predicted octanol–water partition coefficient (Wildman–Crippen LogP) is 3.36. The Morgan fingerprint density at radius 2 is 1.53 bits per heavy atom. The smallest absolute Gasteiger partial charge is 0.303 e. The van der Waals surface area contributed by atoms with Gasteiger partial charge in [-0.3, -0.25) is 19.2 Å². The quantitative estimate of drug-likeness (QED) is 0.286. The van der Waals surface area contributed by atoms with E-state index >= 15 is 0 Å². The van der Waals surface area contributed by atoms with E-state index in [-0.39, 0.29) is 43.4 Å². The summed E-state index contributed by atoms with van der Waals surface area (Å²) in [4.78, 5) is 58.8. The Hall–Kier alpha value is -4.73. The highest BCUT2D eigenvalue weighted by Gasteiger charge is 2.29. The number of aromatic amines is 2. The highest BCUT2D eigenvalue weighted by Crippen LogP contribution is 2.29. The van der Waals surface area contributed by atoms with Gasteiger partial charge >= 0.3 is 11.9 Å². The molecule has 4 rings (SSSR count). The van der Waals surface area contributed by atoms with Crippen LogP contribution in [0, 0.1) is 19.8 Å². The molecule has 43 heavy (non-hydrogen) atoms. The van der Waals surface area contributed by atoms with Crippen LogP contribution in [0.25, 0.3) is 18.2 Å². The summed E-state index contributed by atoms with van der Waals surface area (Å²) in [5.74, 6) is -2.44. The number of nitrogens with one attached hydrogen (secondary N) is 3. The Morgan fingerprint density at radius 3 is 2.12 bits per heavy atom. The number of carboxylic acids is 2. The van der Waals surface area contributed by atoms with Crippen molar-refractivity contribution in [3.8, 4) is 0 Å². The summed E-state index contributed by atoms with van der Waals surface area (Å²) in [6.45, 7) is 11.3. The van der Waals surface area contributed by atoms with Gasteiger partial charge in [0.25, 0.3) is 5.91 Å². The summed E-state index contributed by atoms with van der Waals surface area (Å²) in [6.07, 6.45) is 8.45. The number of hydrogen-bond donors (Lipinski definition) is 5. The van der Waals surface area contributed by atoms with Crippen LogP contribution >= 0.6 is 0 Å². The summed E-state index contributed by atoms with van der Waals surface area (Å²) in [7, 11) is 0. The summed E-state index contributed by atoms with van der Waals surface area (Å²) in [5, 5.41) is 23.2. The van der Waals surface area contributed by atoms with Gasteiger partial charge in [-0.2, -0.15) is 0 Å². The third-order valence-electron chi connectivity index (χ3n) is 8.35. The number of aliphatic imine (C=N–C) groups is 1. The van der Waals surface area contributed by atoms with Crippen LogP contribution in [0.4, 0.5) is 0 Å². The van der Waals surface area contributed by atoms with Crippen molar-refractivity contribution in [1.29, 1.82) is 0 Å². The second-order valence-corrected chi connectivity index (χ2v) is 11.0. The van der Waals surface area contributed by atoms with Gasteiger partial charge in [0.05, 0.1) is 11.6 Å². The van der Waals surface area contributed by atoms with Crippen molar-refractivity contribution in [3.63, 3.8) is 0 Å². The number of rotatable bonds is 10. The van der Waals surface area contributed by atoms with Crippen molar-refractivity contribution in [2.24, 2.45) is 10.9 Å². The second-order valence-electron chi connectivity index (χ2n) is 11.0. The summed E-state index contributed by atoms with van der Waals surface area (Å²) >= 11 is 0. The van der Waals surface area contributed by atoms with E-state index in [2.05, 4.69) is 20.3 Å². The molecule has 0 aliphatic carbocycles. The minimum absolute atomic E-state index is 0.0721. The molecule has 1 atom stereocenters. The van der Waals surface area contributed by atoms with Gasteiger partial charge in [0.1, 0.15) is 0 Å². The van der Waals surface area contributed by atoms with Crippen molar-refractivity contribution >= 4 is 47.7 Å². The molecule has 1 saturated heterocycles. The zero-order chi connectivity index (χ0) is 31.6. The van der Waals surface area contributed by atoms with Crippen molar-refractivity contribution in [2.75, 3.05) is 0 Å². The van der Waals surface area contributed by atoms with Crippen molar-refractivity contribution in [1.82, 2.24) is 15.3 Å². The first-order valence-corrected chi connectivity index (χ1v) is 14.4. The van der Waals surface area contributed by atoms with Gasteiger partial charge in [0, 0.05) is 46.2 Å². The van der Waals surface area contributed by atoms with Crippen LogP contribution in [0.5, 0.6) is 0 Å². The monoisotopic (exact) mass is 586 g/mol. The number of amides is 2. The fraction of sp³-hybridized carbons (Fsp3) is 0.364. The number of allylic oxidation sites excluding steroid dienone is 3. The topological polar surface area (TPSA) is 165 Å². The summed E-state index contributed by atoms with van der Waals surface area (Å²) < 4.78 is 0. The van der Waals surface area contributed by atoms with E-state index in [4.69, 9.17) is 0 Å². The summed E-state index contributed by atoms with van der Waals surface area (Å²) in [6, 6.07) is 0. The minimum atomic E-state index is -0.923. The number of nitrogens with zero attached hydrogens (tertiary/aromatic N) is 1. The SMILES string of the molecule is CC=C1/C(=C/c2[nH]c(/C=c3\[nH]/c(=C/C4=NC(=O)C(CC)=C4C)c(C)c3CCC(=O)O)c(CCC(=O)O)c2C)NC(=O)[C@@H]1C. The molecular formula is C33H38N4O6. The van der Waals surface area contributed by atoms with Gasteiger partial charge in [-0.1, -0.05) is 13.0 Å². The van der Waals surface area contributed by atoms with Gasteiger partial charge < -0.3 is 25.5 Å². The molecule has 2 amide bonds. The maximum Gasteiger partial charge on any atom is 0.303 e. The lowest BCUT2D eigenvalue weighted by atomic mass is 10.00. The molecule has 0 spiro atoms. The maximum absolute atomic E-state index is 12.3. The average Bonchev–Trinajstić information content (AvgIpc) is 3.59. The number of carbonyl (C=O) groups is 4. The highest BCUT2D eigenvalue weighted by atomic mass is 16.4. The Morgan fingerprint density at radius 1 is 0.884 bits per heavy atom. The zero-order valence-corrected chi connectivity index (χ0v) is 25.4. The molecule has 2 aromatic heterocycles. The van der Waals surface area contributed by atoms with E-state index < -0.39 is 11.9 Å². The Kier molecular flexibility index (Phi) is 9.18. The molecule has 1 fully saturated rings. The Balaban J connectivity index is 1.91. The molecule has 2 aromatic rings. The van der Waals surface area contributed by atoms with Crippen molar-refractivity contribution < 1.29 is 29.4 Å². The van der Waals surface area contributed by atoms with E-state index in [1.54, 1.807) is 0 Å². The summed E-state index contributed by atoms with van der Waals surface area (Å²) in [5.41, 5.74) is 8.40. The van der Waals surface area contributed by atoms with Crippen LogP contribution in [0.15, 0.2) is 33.5 Å². The van der Waals surface area contributed by atoms with E-state index in [1.807, 2.05) is 65.8 Å². The normalized spacial score (nSPS) is 19.8. The first-order chi connectivity index (χ1) is 20.4. The minimum Gasteiger partial charge on any atom is -0.481 e. The molecule has 2 aliphatic rings. The van der Waals surface area contributed by atoms with E-state index in [9.17, 15) is 29.4 Å². The number of carbonyl (C=O) groups excluding carboxylic acids is 2. The predicted molar refractivity (Wildman–Crippen MR) is 165 cm³/mol. The molecule has 2 aliphatic heterocycles. The molecule has 10 nitrogen and oxygen atoms in total. The molecule has 5 N–H and O–H groups in total. The first kappa shape index (κ1) is 31.2. The Labute approximate surface area is 249 Å². The van der Waals surface area contributed by atoms with Crippen LogP contribution < -0.4 is 16.0 Å². The zero-order valence-electron chi connectivity index (χ0n) is 25.4. The highest BCUT2D eigenvalue weighted by molar-refractivity contribution is 6.30. The van der Waals surface area contributed by atoms with Gasteiger partial charge in [-0.05, 0) is 106 Å². The molecular weight excluding hydrogens is 548 g/mol. The van der Waals surface area contributed by atoms with Gasteiger partial charge in [-0.25, -0.2) is 4.99 Å². The molecule has 4 heterocycles. The molecule has 0 unspecified atom stereocenters. The second kappa shape index (κ2) is 12.6. The van der Waals surface area contributed by atoms with Crippen LogP contribution in [0.2, 0.25) is 0 Å². The fourth-order valence-electron chi connectivity index (χ4n) is 5.77. The van der Waals surface area contributed by atoms with E-state index in [0.29, 0.717) is 39.8 Å². The molecule has 0 aromatic carbocycles. The van der Waals surface area contributed by atoms with Crippen LogP contribution in [0.1, 0.15) is 80.6 Å². The number of carboxylic acid groups (broad SMARTS) is 2. The van der Waals surface area contributed by atoms with Crippen LogP contribution in [-0.4, -0.2) is 49.6 Å². The molecule has 0 bridgehead atoms. The van der Waals surface area contributed by atoms with Gasteiger partial charge in [-0.15, -0.1) is 0 Å². The number of aliphatic carboxylic acids is 2. The molecule has 10 heteroatoms. The van der Waals surface area contributed by atoms with Crippen LogP contribution in [0.3, 0.4) is 0 Å². The fourth-order valence-corrected chi connectivity index (χ4v) is 5.77. The van der Waals surface area contributed by atoms with Crippen molar-refractivity contribution in [3.05, 3.63) is 72.8 Å². The average molecular weight is 587 g/mol. The van der Waals surface area contributed by atoms with Gasteiger partial charge in [0.15, 0.2) is 0 Å². The molecule has 0 saturated carbocycles. The lowest BCUT2D eigenvalue weighted by molar-refractivity contribution is -0.138. The molecule has 0 radical (unpaired) electrons. The Bertz CT molecular complexity index is 1780. The first-order valence-electron chi connectivity index (χ1n) is 14.4. The number of aromatic nitrogens is 2.